The first-order valence-corrected chi connectivity index (χ1v) is 10.7. The van der Waals surface area contributed by atoms with E-state index in [4.69, 9.17) is 9.47 Å². The smallest absolute Gasteiger partial charge is 0.326 e. The van der Waals surface area contributed by atoms with Crippen LogP contribution in [0.5, 0.6) is 11.5 Å². The average molecular weight is 442 g/mol. The van der Waals surface area contributed by atoms with Crippen molar-refractivity contribution in [3.63, 3.8) is 0 Å². The van der Waals surface area contributed by atoms with Gasteiger partial charge >= 0.3 is 5.97 Å². The second-order valence-electron chi connectivity index (χ2n) is 7.45. The van der Waals surface area contributed by atoms with E-state index >= 15 is 0 Å². The first-order chi connectivity index (χ1) is 15.0. The lowest BCUT2D eigenvalue weighted by molar-refractivity contribution is -0.147. The highest BCUT2D eigenvalue weighted by Gasteiger charge is 2.39. The molecular weight excluding hydrogens is 420 g/mol. The van der Waals surface area contributed by atoms with E-state index in [1.54, 1.807) is 31.0 Å². The molecule has 0 bridgehead atoms. The summed E-state index contributed by atoms with van der Waals surface area (Å²) in [4.78, 5) is 39.9. The zero-order valence-corrected chi connectivity index (χ0v) is 17.7. The van der Waals surface area contributed by atoms with E-state index in [9.17, 15) is 19.5 Å². The molecule has 2 heterocycles. The Morgan fingerprint density at radius 2 is 1.97 bits per heavy atom. The predicted octanol–water partition coefficient (Wildman–Crippen LogP) is 2.62. The minimum Gasteiger partial charge on any atom is -0.480 e. The van der Waals surface area contributed by atoms with E-state index in [0.717, 1.165) is 15.5 Å². The largest absolute Gasteiger partial charge is 0.480 e. The summed E-state index contributed by atoms with van der Waals surface area (Å²) in [5.74, 6) is -0.643. The maximum Gasteiger partial charge on any atom is 0.326 e. The summed E-state index contributed by atoms with van der Waals surface area (Å²) in [5.41, 5.74) is 0.361. The summed E-state index contributed by atoms with van der Waals surface area (Å²) in [7, 11) is 1.54. The molecule has 1 saturated heterocycles. The van der Waals surface area contributed by atoms with Crippen molar-refractivity contribution in [3.05, 3.63) is 48.0 Å². The van der Waals surface area contributed by atoms with Gasteiger partial charge in [0.2, 0.25) is 5.91 Å². The van der Waals surface area contributed by atoms with Gasteiger partial charge in [0.1, 0.15) is 17.5 Å². The molecule has 9 heteroatoms. The number of para-hydroxylation sites is 1. The molecule has 0 unspecified atom stereocenters. The first-order valence-electron chi connectivity index (χ1n) is 9.84. The van der Waals surface area contributed by atoms with E-state index in [1.807, 2.05) is 30.3 Å². The molecule has 8 nitrogen and oxygen atoms in total. The van der Waals surface area contributed by atoms with Crippen molar-refractivity contribution in [1.82, 2.24) is 10.2 Å². The van der Waals surface area contributed by atoms with Gasteiger partial charge in [0.15, 0.2) is 0 Å². The van der Waals surface area contributed by atoms with Crippen LogP contribution >= 0.6 is 11.8 Å². The van der Waals surface area contributed by atoms with Crippen LogP contribution in [0.2, 0.25) is 0 Å². The normalized spacial score (nSPS) is 19.2. The number of aliphatic carboxylic acids is 1. The average Bonchev–Trinajstić information content (AvgIpc) is 3.20. The first kappa shape index (κ1) is 21.2. The van der Waals surface area contributed by atoms with Gasteiger partial charge in [-0.15, -0.1) is 0 Å². The molecule has 0 radical (unpaired) electrons. The second kappa shape index (κ2) is 8.99. The van der Waals surface area contributed by atoms with Gasteiger partial charge in [-0.25, -0.2) is 4.79 Å². The Bertz CT molecular complexity index is 1030. The lowest BCUT2D eigenvalue weighted by Gasteiger charge is -2.22. The van der Waals surface area contributed by atoms with E-state index in [-0.39, 0.29) is 12.5 Å². The van der Waals surface area contributed by atoms with Gasteiger partial charge in [0, 0.05) is 25.1 Å². The SMILES string of the molecule is COC[C@@H]1C[C@@H](C(=O)O)N(C(=O)CNC(=O)c2ccc3c(c2)Oc2ccccc2S3)C1. The number of hydrogen-bond donors (Lipinski definition) is 2. The van der Waals surface area contributed by atoms with Crippen molar-refractivity contribution >= 4 is 29.5 Å². The van der Waals surface area contributed by atoms with Gasteiger partial charge in [-0.05, 0) is 36.8 Å². The molecule has 162 valence electrons. The van der Waals surface area contributed by atoms with Gasteiger partial charge in [0.05, 0.1) is 22.9 Å². The Kier molecular flexibility index (Phi) is 6.15. The maximum atomic E-state index is 12.6. The molecule has 2 N–H and O–H groups in total. The van der Waals surface area contributed by atoms with Crippen LogP contribution < -0.4 is 10.1 Å². The molecule has 0 aliphatic carbocycles. The van der Waals surface area contributed by atoms with Crippen LogP contribution in [0.4, 0.5) is 0 Å². The zero-order valence-electron chi connectivity index (χ0n) is 16.9. The van der Waals surface area contributed by atoms with Gasteiger partial charge in [-0.1, -0.05) is 23.9 Å². The van der Waals surface area contributed by atoms with Crippen LogP contribution in [0, 0.1) is 5.92 Å². The monoisotopic (exact) mass is 442 g/mol. The number of fused-ring (bicyclic) bond motifs is 2. The third-order valence-electron chi connectivity index (χ3n) is 5.29. The van der Waals surface area contributed by atoms with Crippen LogP contribution in [-0.4, -0.2) is 60.6 Å². The topological polar surface area (TPSA) is 105 Å². The molecule has 2 aromatic rings. The van der Waals surface area contributed by atoms with Crippen LogP contribution in [0.25, 0.3) is 0 Å². The van der Waals surface area contributed by atoms with Gasteiger partial charge in [-0.2, -0.15) is 0 Å². The fourth-order valence-corrected chi connectivity index (χ4v) is 4.75. The molecule has 2 amide bonds. The van der Waals surface area contributed by atoms with Crippen molar-refractivity contribution in [1.29, 1.82) is 0 Å². The summed E-state index contributed by atoms with van der Waals surface area (Å²) in [6.07, 6.45) is 0.337. The molecule has 0 spiro atoms. The summed E-state index contributed by atoms with van der Waals surface area (Å²) in [6, 6.07) is 11.9. The number of carboxylic acid groups (broad SMARTS) is 1. The number of carbonyl (C=O) groups excluding carboxylic acids is 2. The highest BCUT2D eigenvalue weighted by Crippen LogP contribution is 2.46. The quantitative estimate of drug-likeness (QED) is 0.605. The molecule has 4 rings (SSSR count). The third-order valence-corrected chi connectivity index (χ3v) is 6.40. The molecular formula is C22H22N2O6S. The Balaban J connectivity index is 1.39. The van der Waals surface area contributed by atoms with Crippen LogP contribution in [-0.2, 0) is 14.3 Å². The number of ether oxygens (including phenoxy) is 2. The highest BCUT2D eigenvalue weighted by atomic mass is 32.2. The van der Waals surface area contributed by atoms with E-state index < -0.39 is 23.8 Å². The number of hydrogen-bond acceptors (Lipinski definition) is 6. The van der Waals surface area contributed by atoms with E-state index in [2.05, 4.69) is 5.32 Å². The Morgan fingerprint density at radius 1 is 1.19 bits per heavy atom. The highest BCUT2D eigenvalue weighted by molar-refractivity contribution is 7.99. The number of nitrogens with one attached hydrogen (secondary N) is 1. The maximum absolute atomic E-state index is 12.6. The molecule has 1 fully saturated rings. The summed E-state index contributed by atoms with van der Waals surface area (Å²) < 4.78 is 11.0. The van der Waals surface area contributed by atoms with Crippen molar-refractivity contribution in [2.75, 3.05) is 26.8 Å². The van der Waals surface area contributed by atoms with Crippen LogP contribution in [0.3, 0.4) is 0 Å². The number of carboxylic acids is 1. The van der Waals surface area contributed by atoms with E-state index in [1.165, 1.54) is 4.90 Å². The Labute approximate surface area is 183 Å². The number of amides is 2. The molecule has 0 aromatic heterocycles. The van der Waals surface area contributed by atoms with Crippen molar-refractivity contribution in [2.45, 2.75) is 22.3 Å². The number of methoxy groups -OCH3 is 1. The predicted molar refractivity (Wildman–Crippen MR) is 113 cm³/mol. The van der Waals surface area contributed by atoms with Gasteiger partial charge in [0.25, 0.3) is 5.91 Å². The number of rotatable bonds is 6. The number of likely N-dealkylation sites (tertiary alicyclic amines) is 1. The van der Waals surface area contributed by atoms with Crippen molar-refractivity contribution in [3.8, 4) is 11.5 Å². The second-order valence-corrected chi connectivity index (χ2v) is 8.54. The zero-order chi connectivity index (χ0) is 22.0. The van der Waals surface area contributed by atoms with Crippen LogP contribution in [0.15, 0.2) is 52.3 Å². The number of benzene rings is 2. The molecule has 2 aromatic carbocycles. The molecule has 2 aliphatic heterocycles. The minimum atomic E-state index is -1.05. The lowest BCUT2D eigenvalue weighted by Crippen LogP contribution is -2.45. The molecule has 2 aliphatic rings. The van der Waals surface area contributed by atoms with Crippen LogP contribution in [0.1, 0.15) is 16.8 Å². The number of carbonyl (C=O) groups is 3. The molecule has 31 heavy (non-hydrogen) atoms. The molecule has 2 atom stereocenters. The van der Waals surface area contributed by atoms with Crippen molar-refractivity contribution in [2.24, 2.45) is 5.92 Å². The fraction of sp³-hybridized carbons (Fsp3) is 0.318. The summed E-state index contributed by atoms with van der Waals surface area (Å²) >= 11 is 1.56. The fourth-order valence-electron chi connectivity index (χ4n) is 3.82. The molecule has 0 saturated carbocycles. The Morgan fingerprint density at radius 3 is 2.74 bits per heavy atom. The van der Waals surface area contributed by atoms with Gasteiger partial charge in [-0.3, -0.25) is 9.59 Å². The van der Waals surface area contributed by atoms with Crippen molar-refractivity contribution < 1.29 is 29.0 Å². The number of nitrogens with zero attached hydrogens (tertiary/aromatic N) is 1. The Hall–Kier alpha value is -3.04. The third kappa shape index (κ3) is 4.52. The summed E-state index contributed by atoms with van der Waals surface area (Å²) in [5, 5.41) is 12.0. The van der Waals surface area contributed by atoms with E-state index in [0.29, 0.717) is 30.9 Å². The summed E-state index contributed by atoms with van der Waals surface area (Å²) in [6.45, 7) is 0.400. The lowest BCUT2D eigenvalue weighted by atomic mass is 10.1. The minimum absolute atomic E-state index is 0.0380. The standard InChI is InChI=1S/C22H22N2O6S/c1-29-12-13-8-15(22(27)28)24(11-13)20(25)10-23-21(26)14-6-7-19-17(9-14)30-16-4-2-3-5-18(16)31-19/h2-7,9,13,15H,8,10-12H2,1H3,(H,23,26)(H,27,28)/t13-,15+/m1/s1. The van der Waals surface area contributed by atoms with Gasteiger partial charge < -0.3 is 24.8 Å².